The number of aliphatic imine (C=N–C) groups is 1. The lowest BCUT2D eigenvalue weighted by molar-refractivity contribution is -0.127. The van der Waals surface area contributed by atoms with E-state index in [0.717, 1.165) is 11.4 Å². The van der Waals surface area contributed by atoms with Crippen LogP contribution in [0.5, 0.6) is 0 Å². The third kappa shape index (κ3) is 8.78. The number of likely N-dealkylation sites (N-methyl/N-ethyl adjacent to an activating group) is 1. The second kappa shape index (κ2) is 13.1. The molecule has 9 nitrogen and oxygen atoms in total. The molecular weight excluding hydrogens is 394 g/mol. The van der Waals surface area contributed by atoms with Gasteiger partial charge in [-0.25, -0.2) is 14.8 Å². The third-order valence-corrected chi connectivity index (χ3v) is 5.15. The first-order chi connectivity index (χ1) is 13.8. The summed E-state index contributed by atoms with van der Waals surface area (Å²) >= 11 is 1.30. The zero-order valence-electron chi connectivity index (χ0n) is 18.2. The Kier molecular flexibility index (Phi) is 11.2. The molecule has 1 rings (SSSR count). The zero-order valence-corrected chi connectivity index (χ0v) is 19.0. The number of carbonyl (C=O) groups is 2. The van der Waals surface area contributed by atoms with E-state index in [1.165, 1.54) is 16.2 Å². The average Bonchev–Trinajstić information content (AvgIpc) is 3.07. The second-order valence-corrected chi connectivity index (χ2v) is 7.51. The van der Waals surface area contributed by atoms with Crippen LogP contribution < -0.4 is 10.6 Å². The molecule has 0 saturated heterocycles. The number of ether oxygens (including phenoxy) is 2. The summed E-state index contributed by atoms with van der Waals surface area (Å²) in [6.45, 7) is 9.78. The number of aryl methyl sites for hydroxylation is 1. The highest BCUT2D eigenvalue weighted by molar-refractivity contribution is 7.13. The van der Waals surface area contributed by atoms with Gasteiger partial charge in [-0.05, 0) is 34.1 Å². The molecule has 0 spiro atoms. The van der Waals surface area contributed by atoms with E-state index in [-0.39, 0.29) is 24.5 Å². The summed E-state index contributed by atoms with van der Waals surface area (Å²) in [5, 5.41) is 7.21. The number of hydrogen-bond acceptors (Lipinski definition) is 7. The summed E-state index contributed by atoms with van der Waals surface area (Å²) in [6.07, 6.45) is 0.813. The standard InChI is InChI=1S/C19H33N5O4S/c1-7-27-11-9-10-20-19(21-12-15(25)24(5)6)23-14(4)17-22-13(3)16(29-17)18(26)28-8-2/h14H,7-12H2,1-6H3,(H2,20,21,23). The van der Waals surface area contributed by atoms with E-state index >= 15 is 0 Å². The molecule has 0 aliphatic rings. The Morgan fingerprint density at radius 2 is 2.00 bits per heavy atom. The number of nitrogens with zero attached hydrogens (tertiary/aromatic N) is 3. The number of nitrogens with one attached hydrogen (secondary N) is 2. The van der Waals surface area contributed by atoms with Gasteiger partial charge in [0, 0.05) is 33.9 Å². The van der Waals surface area contributed by atoms with E-state index in [9.17, 15) is 9.59 Å². The van der Waals surface area contributed by atoms with E-state index in [1.807, 2.05) is 13.8 Å². The van der Waals surface area contributed by atoms with Crippen LogP contribution in [0.25, 0.3) is 0 Å². The summed E-state index contributed by atoms with van der Waals surface area (Å²) in [5.41, 5.74) is 0.642. The summed E-state index contributed by atoms with van der Waals surface area (Å²) in [7, 11) is 3.39. The number of amides is 1. The van der Waals surface area contributed by atoms with E-state index < -0.39 is 0 Å². The molecule has 1 aromatic rings. The molecule has 1 unspecified atom stereocenters. The summed E-state index contributed by atoms with van der Waals surface area (Å²) in [6, 6.07) is -0.200. The van der Waals surface area contributed by atoms with Crippen molar-refractivity contribution in [1.29, 1.82) is 0 Å². The Balaban J connectivity index is 2.82. The van der Waals surface area contributed by atoms with Gasteiger partial charge in [-0.15, -0.1) is 11.3 Å². The minimum atomic E-state index is -0.361. The number of thiazole rings is 1. The SMILES string of the molecule is CCOCCCNC(=NCC(=O)N(C)C)NC(C)c1nc(C)c(C(=O)OCC)s1. The lowest BCUT2D eigenvalue weighted by Gasteiger charge is -2.17. The molecule has 164 valence electrons. The first-order valence-corrected chi connectivity index (χ1v) is 10.6. The highest BCUT2D eigenvalue weighted by atomic mass is 32.1. The monoisotopic (exact) mass is 427 g/mol. The molecule has 0 aromatic carbocycles. The first kappa shape index (κ1) is 24.8. The Labute approximate surface area is 176 Å². The Hall–Kier alpha value is -2.20. The van der Waals surface area contributed by atoms with Crippen LogP contribution in [0.4, 0.5) is 0 Å². The molecule has 10 heteroatoms. The van der Waals surface area contributed by atoms with Gasteiger partial charge in [-0.2, -0.15) is 0 Å². The van der Waals surface area contributed by atoms with Crippen molar-refractivity contribution in [2.24, 2.45) is 4.99 Å². The van der Waals surface area contributed by atoms with Gasteiger partial charge in [-0.3, -0.25) is 4.79 Å². The van der Waals surface area contributed by atoms with Crippen LogP contribution in [0.15, 0.2) is 4.99 Å². The van der Waals surface area contributed by atoms with E-state index in [0.29, 0.717) is 42.9 Å². The number of carbonyl (C=O) groups excluding carboxylic acids is 2. The minimum Gasteiger partial charge on any atom is -0.462 e. The van der Waals surface area contributed by atoms with Crippen molar-refractivity contribution in [3.05, 3.63) is 15.6 Å². The molecule has 0 aliphatic heterocycles. The Morgan fingerprint density at radius 1 is 1.28 bits per heavy atom. The molecule has 0 radical (unpaired) electrons. The van der Waals surface area contributed by atoms with Crippen LogP contribution in [-0.2, 0) is 14.3 Å². The lowest BCUT2D eigenvalue weighted by atomic mass is 10.3. The van der Waals surface area contributed by atoms with Gasteiger partial charge in [-0.1, -0.05) is 0 Å². The van der Waals surface area contributed by atoms with Crippen LogP contribution in [-0.4, -0.2) is 74.7 Å². The highest BCUT2D eigenvalue weighted by Crippen LogP contribution is 2.24. The topological polar surface area (TPSA) is 105 Å². The molecule has 1 heterocycles. The van der Waals surface area contributed by atoms with Gasteiger partial charge in [0.05, 0.1) is 18.3 Å². The molecule has 0 saturated carbocycles. The van der Waals surface area contributed by atoms with E-state index in [1.54, 1.807) is 27.9 Å². The van der Waals surface area contributed by atoms with Gasteiger partial charge < -0.3 is 25.0 Å². The van der Waals surface area contributed by atoms with Crippen molar-refractivity contribution >= 4 is 29.2 Å². The highest BCUT2D eigenvalue weighted by Gasteiger charge is 2.20. The van der Waals surface area contributed by atoms with Crippen molar-refractivity contribution in [2.75, 3.05) is 47.0 Å². The average molecular weight is 428 g/mol. The second-order valence-electron chi connectivity index (χ2n) is 6.48. The summed E-state index contributed by atoms with van der Waals surface area (Å²) in [4.78, 5) is 34.8. The fraction of sp³-hybridized carbons (Fsp3) is 0.684. The maximum absolute atomic E-state index is 12.0. The molecule has 0 fully saturated rings. The smallest absolute Gasteiger partial charge is 0.350 e. The quantitative estimate of drug-likeness (QED) is 0.240. The number of aromatic nitrogens is 1. The van der Waals surface area contributed by atoms with Gasteiger partial charge >= 0.3 is 5.97 Å². The minimum absolute atomic E-state index is 0.0332. The lowest BCUT2D eigenvalue weighted by Crippen LogP contribution is -2.40. The summed E-state index contributed by atoms with van der Waals surface area (Å²) in [5.74, 6) is 0.0537. The van der Waals surface area contributed by atoms with Crippen molar-refractivity contribution in [3.8, 4) is 0 Å². The number of hydrogen-bond donors (Lipinski definition) is 2. The number of esters is 1. The maximum Gasteiger partial charge on any atom is 0.350 e. The summed E-state index contributed by atoms with van der Waals surface area (Å²) < 4.78 is 10.4. The van der Waals surface area contributed by atoms with Crippen LogP contribution in [0.1, 0.15) is 53.6 Å². The fourth-order valence-corrected chi connectivity index (χ4v) is 3.18. The van der Waals surface area contributed by atoms with Crippen LogP contribution in [0.3, 0.4) is 0 Å². The van der Waals surface area contributed by atoms with Crippen LogP contribution in [0.2, 0.25) is 0 Å². The van der Waals surface area contributed by atoms with E-state index in [2.05, 4.69) is 20.6 Å². The largest absolute Gasteiger partial charge is 0.462 e. The molecule has 1 amide bonds. The van der Waals surface area contributed by atoms with Crippen molar-refractivity contribution in [1.82, 2.24) is 20.5 Å². The molecule has 29 heavy (non-hydrogen) atoms. The molecule has 1 aromatic heterocycles. The number of guanidine groups is 1. The van der Waals surface area contributed by atoms with Gasteiger partial charge in [0.25, 0.3) is 0 Å². The molecular formula is C19H33N5O4S. The normalized spacial score (nSPS) is 12.4. The molecule has 0 aliphatic carbocycles. The van der Waals surface area contributed by atoms with Crippen molar-refractivity contribution < 1.29 is 19.1 Å². The molecule has 1 atom stereocenters. The maximum atomic E-state index is 12.0. The molecule has 2 N–H and O–H groups in total. The van der Waals surface area contributed by atoms with Gasteiger partial charge in [0.15, 0.2) is 5.96 Å². The van der Waals surface area contributed by atoms with Crippen molar-refractivity contribution in [2.45, 2.75) is 40.2 Å². The van der Waals surface area contributed by atoms with E-state index in [4.69, 9.17) is 9.47 Å². The fourth-order valence-electron chi connectivity index (χ4n) is 2.22. The van der Waals surface area contributed by atoms with Gasteiger partial charge in [0.2, 0.25) is 5.91 Å². The zero-order chi connectivity index (χ0) is 21.8. The third-order valence-electron chi connectivity index (χ3n) is 3.83. The van der Waals surface area contributed by atoms with Crippen LogP contribution >= 0.6 is 11.3 Å². The molecule has 0 bridgehead atoms. The van der Waals surface area contributed by atoms with Gasteiger partial charge in [0.1, 0.15) is 16.4 Å². The Morgan fingerprint density at radius 3 is 2.62 bits per heavy atom. The number of rotatable bonds is 11. The first-order valence-electron chi connectivity index (χ1n) is 9.77. The predicted octanol–water partition coefficient (Wildman–Crippen LogP) is 1.74. The van der Waals surface area contributed by atoms with Crippen LogP contribution in [0, 0.1) is 6.92 Å². The Bertz CT molecular complexity index is 690. The van der Waals surface area contributed by atoms with Crippen molar-refractivity contribution in [3.63, 3.8) is 0 Å². The predicted molar refractivity (Wildman–Crippen MR) is 114 cm³/mol.